The lowest BCUT2D eigenvalue weighted by molar-refractivity contribution is -0.131. The molecule has 1 amide bonds. The van der Waals surface area contributed by atoms with Crippen molar-refractivity contribution in [3.8, 4) is 28.7 Å². The number of methoxy groups -OCH3 is 3. The number of amides is 1. The minimum absolute atomic E-state index is 0.106. The van der Waals surface area contributed by atoms with E-state index in [0.29, 0.717) is 60.6 Å². The van der Waals surface area contributed by atoms with E-state index in [2.05, 4.69) is 0 Å². The third-order valence-electron chi connectivity index (χ3n) is 5.82. The molecule has 184 valence electrons. The minimum Gasteiger partial charge on any atom is -0.493 e. The molecule has 0 saturated carbocycles. The van der Waals surface area contributed by atoms with Crippen LogP contribution in [0.5, 0.6) is 28.7 Å². The number of fused-ring (bicyclic) bond motifs is 1. The Morgan fingerprint density at radius 1 is 0.882 bits per heavy atom. The van der Waals surface area contributed by atoms with Crippen LogP contribution >= 0.6 is 0 Å². The third-order valence-corrected chi connectivity index (χ3v) is 7.72. The van der Waals surface area contributed by atoms with E-state index >= 15 is 0 Å². The van der Waals surface area contributed by atoms with E-state index in [9.17, 15) is 13.2 Å². The van der Waals surface area contributed by atoms with Gasteiger partial charge in [0.05, 0.1) is 32.6 Å². The highest BCUT2D eigenvalue weighted by Crippen LogP contribution is 2.38. The Bertz CT molecular complexity index is 1130. The van der Waals surface area contributed by atoms with Gasteiger partial charge in [-0.15, -0.1) is 0 Å². The average molecular weight is 493 g/mol. The highest BCUT2D eigenvalue weighted by atomic mass is 32.2. The van der Waals surface area contributed by atoms with Crippen molar-refractivity contribution in [2.75, 3.05) is 60.7 Å². The number of piperazine rings is 1. The summed E-state index contributed by atoms with van der Waals surface area (Å²) in [7, 11) is 0.837. The maximum atomic E-state index is 13.1. The second-order valence-corrected chi connectivity index (χ2v) is 9.74. The monoisotopic (exact) mass is 492 g/mol. The van der Waals surface area contributed by atoms with Gasteiger partial charge in [0, 0.05) is 32.2 Å². The average Bonchev–Trinajstić information content (AvgIpc) is 2.87. The molecule has 2 aromatic rings. The lowest BCUT2D eigenvalue weighted by atomic mass is 10.1. The van der Waals surface area contributed by atoms with Crippen molar-refractivity contribution in [1.29, 1.82) is 0 Å². The number of sulfonamides is 1. The van der Waals surface area contributed by atoms with Gasteiger partial charge >= 0.3 is 0 Å². The molecule has 0 aromatic heterocycles. The van der Waals surface area contributed by atoms with E-state index in [-0.39, 0.29) is 30.3 Å². The van der Waals surface area contributed by atoms with E-state index in [0.717, 1.165) is 0 Å². The first kappa shape index (κ1) is 24.0. The fourth-order valence-corrected chi connectivity index (χ4v) is 5.47. The van der Waals surface area contributed by atoms with Gasteiger partial charge in [-0.1, -0.05) is 0 Å². The van der Waals surface area contributed by atoms with Gasteiger partial charge in [-0.05, 0) is 29.8 Å². The fraction of sp³-hybridized carbons (Fsp3) is 0.435. The first-order chi connectivity index (χ1) is 16.4. The predicted molar refractivity (Wildman–Crippen MR) is 123 cm³/mol. The van der Waals surface area contributed by atoms with Crippen molar-refractivity contribution >= 4 is 15.9 Å². The van der Waals surface area contributed by atoms with E-state index in [1.807, 2.05) is 0 Å². The molecular formula is C23H28N2O8S. The van der Waals surface area contributed by atoms with Gasteiger partial charge in [0.15, 0.2) is 23.0 Å². The molecule has 34 heavy (non-hydrogen) atoms. The van der Waals surface area contributed by atoms with Crippen molar-refractivity contribution < 1.29 is 36.9 Å². The highest BCUT2D eigenvalue weighted by Gasteiger charge is 2.31. The van der Waals surface area contributed by atoms with Gasteiger partial charge in [-0.25, -0.2) is 8.42 Å². The van der Waals surface area contributed by atoms with Gasteiger partial charge in [-0.3, -0.25) is 4.79 Å². The van der Waals surface area contributed by atoms with Crippen LogP contribution < -0.4 is 23.7 Å². The van der Waals surface area contributed by atoms with Crippen LogP contribution in [0.2, 0.25) is 0 Å². The maximum absolute atomic E-state index is 13.1. The number of carbonyl (C=O) groups excluding carboxylic acids is 1. The molecule has 1 saturated heterocycles. The molecule has 11 heteroatoms. The van der Waals surface area contributed by atoms with Crippen molar-refractivity contribution in [2.24, 2.45) is 0 Å². The number of carbonyl (C=O) groups is 1. The summed E-state index contributed by atoms with van der Waals surface area (Å²) < 4.78 is 54.7. The van der Waals surface area contributed by atoms with E-state index in [1.165, 1.54) is 37.8 Å². The summed E-state index contributed by atoms with van der Waals surface area (Å²) in [4.78, 5) is 14.7. The molecule has 0 atom stereocenters. The van der Waals surface area contributed by atoms with Gasteiger partial charge < -0.3 is 28.6 Å². The molecule has 1 fully saturated rings. The summed E-state index contributed by atoms with van der Waals surface area (Å²) in [6, 6.07) is 8.10. The van der Waals surface area contributed by atoms with E-state index in [4.69, 9.17) is 23.7 Å². The Labute approximate surface area is 199 Å². The van der Waals surface area contributed by atoms with Crippen molar-refractivity contribution in [2.45, 2.75) is 11.3 Å². The largest absolute Gasteiger partial charge is 0.493 e. The number of ether oxygens (including phenoxy) is 5. The molecule has 2 aliphatic heterocycles. The molecule has 2 aliphatic rings. The van der Waals surface area contributed by atoms with Crippen molar-refractivity contribution in [3.63, 3.8) is 0 Å². The number of rotatable bonds is 7. The molecule has 2 heterocycles. The van der Waals surface area contributed by atoms with Crippen LogP contribution in [-0.4, -0.2) is 84.3 Å². The van der Waals surface area contributed by atoms with Crippen LogP contribution in [0.3, 0.4) is 0 Å². The summed E-state index contributed by atoms with van der Waals surface area (Å²) >= 11 is 0. The van der Waals surface area contributed by atoms with Crippen molar-refractivity contribution in [1.82, 2.24) is 9.21 Å². The summed E-state index contributed by atoms with van der Waals surface area (Å²) in [6.45, 7) is 1.82. The maximum Gasteiger partial charge on any atom is 0.243 e. The van der Waals surface area contributed by atoms with E-state index in [1.54, 1.807) is 23.1 Å². The Hall–Kier alpha value is -3.18. The van der Waals surface area contributed by atoms with Gasteiger partial charge in [0.2, 0.25) is 21.7 Å². The Morgan fingerprint density at radius 3 is 2.09 bits per heavy atom. The number of hydrogen-bond donors (Lipinski definition) is 0. The molecule has 4 rings (SSSR count). The molecule has 0 N–H and O–H groups in total. The molecule has 2 aromatic carbocycles. The zero-order valence-corrected chi connectivity index (χ0v) is 20.2. The van der Waals surface area contributed by atoms with Crippen molar-refractivity contribution in [3.05, 3.63) is 35.9 Å². The van der Waals surface area contributed by atoms with Gasteiger partial charge in [-0.2, -0.15) is 4.31 Å². The molecule has 0 radical (unpaired) electrons. The first-order valence-electron chi connectivity index (χ1n) is 10.8. The molecular weight excluding hydrogens is 464 g/mol. The highest BCUT2D eigenvalue weighted by molar-refractivity contribution is 7.89. The molecule has 10 nitrogen and oxygen atoms in total. The van der Waals surface area contributed by atoms with Crippen LogP contribution in [0.15, 0.2) is 35.2 Å². The van der Waals surface area contributed by atoms with Crippen LogP contribution in [0.1, 0.15) is 5.56 Å². The quantitative estimate of drug-likeness (QED) is 0.574. The summed E-state index contributed by atoms with van der Waals surface area (Å²) in [5.74, 6) is 2.25. The molecule has 0 spiro atoms. The second-order valence-electron chi connectivity index (χ2n) is 7.80. The lowest BCUT2D eigenvalue weighted by Gasteiger charge is -2.34. The predicted octanol–water partition coefficient (Wildman–Crippen LogP) is 1.56. The van der Waals surface area contributed by atoms with Crippen LogP contribution in [-0.2, 0) is 21.2 Å². The SMILES string of the molecule is COc1cc(CC(=O)N2CCN(S(=O)(=O)c3ccc4c(c3)OCCO4)CC2)cc(OC)c1OC. The standard InChI is InChI=1S/C23H28N2O8S/c1-29-20-12-16(13-21(30-2)23(20)31-3)14-22(26)24-6-8-25(9-7-24)34(27,28)17-4-5-18-19(15-17)33-11-10-32-18/h4-5,12-13,15H,6-11,14H2,1-3H3. The smallest absolute Gasteiger partial charge is 0.243 e. The minimum atomic E-state index is -3.72. The second kappa shape index (κ2) is 9.98. The molecule has 0 bridgehead atoms. The number of nitrogens with zero attached hydrogens (tertiary/aromatic N) is 2. The zero-order valence-electron chi connectivity index (χ0n) is 19.4. The van der Waals surface area contributed by atoms with Crippen LogP contribution in [0.25, 0.3) is 0 Å². The summed E-state index contributed by atoms with van der Waals surface area (Å²) in [5, 5.41) is 0. The van der Waals surface area contributed by atoms with Gasteiger partial charge in [0.1, 0.15) is 13.2 Å². The topological polar surface area (TPSA) is 104 Å². The normalized spacial score (nSPS) is 16.1. The van der Waals surface area contributed by atoms with Gasteiger partial charge in [0.25, 0.3) is 0 Å². The Morgan fingerprint density at radius 2 is 1.50 bits per heavy atom. The fourth-order valence-electron chi connectivity index (χ4n) is 4.03. The Balaban J connectivity index is 1.41. The van der Waals surface area contributed by atoms with E-state index < -0.39 is 10.0 Å². The van der Waals surface area contributed by atoms with Crippen LogP contribution in [0, 0.1) is 0 Å². The van der Waals surface area contributed by atoms with Crippen LogP contribution in [0.4, 0.5) is 0 Å². The zero-order chi connectivity index (χ0) is 24.3. The third kappa shape index (κ3) is 4.71. The number of hydrogen-bond acceptors (Lipinski definition) is 8. The Kier molecular flexibility index (Phi) is 7.03. The molecule has 0 aliphatic carbocycles. The molecule has 0 unspecified atom stereocenters. The first-order valence-corrected chi connectivity index (χ1v) is 12.3. The number of benzene rings is 2. The summed E-state index contributed by atoms with van der Waals surface area (Å²) in [6.07, 6.45) is 0.131. The summed E-state index contributed by atoms with van der Waals surface area (Å²) in [5.41, 5.74) is 0.714. The lowest BCUT2D eigenvalue weighted by Crippen LogP contribution is -2.50.